The summed E-state index contributed by atoms with van der Waals surface area (Å²) in [6.07, 6.45) is -6.82. The molecule has 0 fully saturated rings. The van der Waals surface area contributed by atoms with E-state index >= 15 is 0 Å². The molecule has 0 nitrogen and oxygen atoms in total. The largest absolute Gasteiger partial charge is 0.417 e. The van der Waals surface area contributed by atoms with Gasteiger partial charge in [-0.3, -0.25) is 0 Å². The van der Waals surface area contributed by atoms with Gasteiger partial charge in [-0.05, 0) is 24.1 Å². The number of hydrogen-bond acceptors (Lipinski definition) is 0. The fourth-order valence-corrected chi connectivity index (χ4v) is 1.88. The second-order valence-electron chi connectivity index (χ2n) is 4.06. The van der Waals surface area contributed by atoms with Gasteiger partial charge in [-0.2, -0.15) is 26.3 Å². The van der Waals surface area contributed by atoms with Crippen molar-refractivity contribution in [2.75, 3.05) is 0 Å². The average molecular weight is 366 g/mol. The van der Waals surface area contributed by atoms with Crippen molar-refractivity contribution in [1.82, 2.24) is 0 Å². The molecule has 0 spiro atoms. The molecule has 0 unspecified atom stereocenters. The number of halogens is 6. The van der Waals surface area contributed by atoms with Crippen molar-refractivity contribution in [2.45, 2.75) is 47.0 Å². The molecule has 1 aromatic carbocycles. The van der Waals surface area contributed by atoms with Crippen LogP contribution in [0, 0.1) is 0 Å². The number of hydrogen-bond donors (Lipinski definition) is 0. The molecule has 0 aliphatic heterocycles. The molecule has 0 saturated heterocycles. The molecule has 0 aliphatic carbocycles. The van der Waals surface area contributed by atoms with Crippen LogP contribution in [-0.4, -0.2) is 6.18 Å². The third kappa shape index (κ3) is 7.63. The first-order chi connectivity index (χ1) is 11.6. The van der Waals surface area contributed by atoms with E-state index in [9.17, 15) is 26.3 Å². The van der Waals surface area contributed by atoms with E-state index in [2.05, 4.69) is 6.58 Å². The smallest absolute Gasteiger partial charge is 0.166 e. The molecule has 1 aromatic rings. The van der Waals surface area contributed by atoms with Crippen molar-refractivity contribution < 1.29 is 26.3 Å². The molecule has 142 valence electrons. The number of rotatable bonds is 3. The summed E-state index contributed by atoms with van der Waals surface area (Å²) >= 11 is 0. The minimum atomic E-state index is -4.76. The zero-order valence-electron chi connectivity index (χ0n) is 15.0. The Kier molecular flexibility index (Phi) is 11.7. The van der Waals surface area contributed by atoms with Crippen molar-refractivity contribution in [3.8, 4) is 0 Å². The molecule has 0 bridgehead atoms. The molecule has 6 heteroatoms. The van der Waals surface area contributed by atoms with Gasteiger partial charge in [0.1, 0.15) is 0 Å². The summed E-state index contributed by atoms with van der Waals surface area (Å²) in [4.78, 5) is 0. The van der Waals surface area contributed by atoms with Crippen molar-refractivity contribution in [3.05, 3.63) is 65.8 Å². The molecule has 0 saturated carbocycles. The van der Waals surface area contributed by atoms with Crippen LogP contribution in [0.1, 0.15) is 45.7 Å². The second kappa shape index (κ2) is 11.6. The topological polar surface area (TPSA) is 0 Å². The van der Waals surface area contributed by atoms with Gasteiger partial charge in [0.05, 0.1) is 11.1 Å². The quantitative estimate of drug-likeness (QED) is 0.378. The van der Waals surface area contributed by atoms with Gasteiger partial charge in [-0.15, -0.1) is 0 Å². The van der Waals surface area contributed by atoms with Gasteiger partial charge >= 0.3 is 12.4 Å². The highest BCUT2D eigenvalue weighted by atomic mass is 19.4. The van der Waals surface area contributed by atoms with Crippen LogP contribution in [0.15, 0.2) is 54.6 Å². The van der Waals surface area contributed by atoms with Crippen LogP contribution in [0.4, 0.5) is 26.3 Å². The maximum absolute atomic E-state index is 13.0. The third-order valence-corrected chi connectivity index (χ3v) is 2.69. The van der Waals surface area contributed by atoms with E-state index in [4.69, 9.17) is 0 Å². The van der Waals surface area contributed by atoms with Crippen LogP contribution in [0.3, 0.4) is 0 Å². The Morgan fingerprint density at radius 2 is 1.40 bits per heavy atom. The first-order valence-electron chi connectivity index (χ1n) is 7.86. The zero-order chi connectivity index (χ0) is 20.3. The lowest BCUT2D eigenvalue weighted by Gasteiger charge is -2.19. The third-order valence-electron chi connectivity index (χ3n) is 2.69. The van der Waals surface area contributed by atoms with E-state index in [0.717, 1.165) is 43.4 Å². The maximum atomic E-state index is 13.0. The summed E-state index contributed by atoms with van der Waals surface area (Å²) in [5.41, 5.74) is -3.36. The highest BCUT2D eigenvalue weighted by Gasteiger charge is 2.39. The lowest BCUT2D eigenvalue weighted by atomic mass is 9.92. The average Bonchev–Trinajstić information content (AvgIpc) is 2.56. The summed E-state index contributed by atoms with van der Waals surface area (Å²) in [5.74, 6) is 0. The van der Waals surface area contributed by atoms with Crippen molar-refractivity contribution in [1.29, 1.82) is 0 Å². The van der Waals surface area contributed by atoms with Gasteiger partial charge in [-0.25, -0.2) is 0 Å². The van der Waals surface area contributed by atoms with Gasteiger partial charge < -0.3 is 0 Å². The van der Waals surface area contributed by atoms with Gasteiger partial charge in [0.2, 0.25) is 0 Å². The first-order valence-corrected chi connectivity index (χ1v) is 7.86. The van der Waals surface area contributed by atoms with Crippen LogP contribution in [0.5, 0.6) is 0 Å². The van der Waals surface area contributed by atoms with Crippen LogP contribution < -0.4 is 0 Å². The summed E-state index contributed by atoms with van der Waals surface area (Å²) in [7, 11) is 0. The van der Waals surface area contributed by atoms with E-state index in [1.807, 2.05) is 27.7 Å². The Hall–Kier alpha value is -1.98. The molecular weight excluding hydrogens is 342 g/mol. The molecule has 0 atom stereocenters. The fraction of sp³-hybridized carbons (Fsp3) is 0.368. The Balaban J connectivity index is 0. The zero-order valence-corrected chi connectivity index (χ0v) is 15.0. The lowest BCUT2D eigenvalue weighted by molar-refractivity contribution is -0.137. The second-order valence-corrected chi connectivity index (χ2v) is 4.06. The van der Waals surface area contributed by atoms with Crippen LogP contribution in [0.2, 0.25) is 0 Å². The van der Waals surface area contributed by atoms with Gasteiger partial charge in [0.15, 0.2) is 0 Å². The van der Waals surface area contributed by atoms with E-state index in [1.165, 1.54) is 6.07 Å². The molecule has 0 amide bonds. The van der Waals surface area contributed by atoms with E-state index in [0.29, 0.717) is 0 Å². The number of benzene rings is 1. The van der Waals surface area contributed by atoms with Crippen LogP contribution in [0.25, 0.3) is 5.57 Å². The Labute approximate surface area is 145 Å². The van der Waals surface area contributed by atoms with Crippen molar-refractivity contribution >= 4 is 5.57 Å². The molecule has 0 aromatic heterocycles. The summed E-state index contributed by atoms with van der Waals surface area (Å²) in [5, 5.41) is 0. The standard InChI is InChI=1S/C15H12F6.2C2H6/c1-3-7-10(12(4-2)14(16,17)18)11-8-5-6-9-13(11)15(19,20)21;2*1-2/h3-9H,1H2,2H3;2*1-2H3/b10-7-,12-4+;;. The Morgan fingerprint density at radius 1 is 0.920 bits per heavy atom. The van der Waals surface area contributed by atoms with Gasteiger partial charge in [0, 0.05) is 0 Å². The fourth-order valence-electron chi connectivity index (χ4n) is 1.88. The van der Waals surface area contributed by atoms with E-state index < -0.39 is 34.6 Å². The lowest BCUT2D eigenvalue weighted by Crippen LogP contribution is -2.16. The summed E-state index contributed by atoms with van der Waals surface area (Å²) < 4.78 is 77.8. The number of alkyl halides is 6. The van der Waals surface area contributed by atoms with Crippen LogP contribution >= 0.6 is 0 Å². The molecule has 1 rings (SSSR count). The van der Waals surface area contributed by atoms with Gasteiger partial charge in [-0.1, -0.05) is 70.7 Å². The Morgan fingerprint density at radius 3 is 1.76 bits per heavy atom. The van der Waals surface area contributed by atoms with Crippen LogP contribution in [-0.2, 0) is 6.18 Å². The molecule has 25 heavy (non-hydrogen) atoms. The summed E-state index contributed by atoms with van der Waals surface area (Å²) in [6.45, 7) is 12.4. The molecule has 0 radical (unpaired) electrons. The minimum absolute atomic E-state index is 0.532. The predicted octanol–water partition coefficient (Wildman–Crippen LogP) is 7.84. The highest BCUT2D eigenvalue weighted by Crippen LogP contribution is 2.41. The molecule has 0 aliphatic rings. The highest BCUT2D eigenvalue weighted by molar-refractivity contribution is 5.83. The van der Waals surface area contributed by atoms with Crippen molar-refractivity contribution in [3.63, 3.8) is 0 Å². The van der Waals surface area contributed by atoms with Gasteiger partial charge in [0.25, 0.3) is 0 Å². The minimum Gasteiger partial charge on any atom is -0.166 e. The van der Waals surface area contributed by atoms with E-state index in [1.54, 1.807) is 0 Å². The maximum Gasteiger partial charge on any atom is 0.417 e. The Bertz CT molecular complexity index is 574. The summed E-state index contributed by atoms with van der Waals surface area (Å²) in [6, 6.07) is 4.13. The molecular formula is C19H24F6. The monoisotopic (exact) mass is 366 g/mol. The number of allylic oxidation sites excluding steroid dienone is 5. The normalized spacial score (nSPS) is 12.4. The SMILES string of the molecule is C=C/C=C(\C(=C/C)C(F)(F)F)c1ccccc1C(F)(F)F.CC.CC. The first kappa shape index (κ1) is 25.3. The van der Waals surface area contributed by atoms with E-state index in [-0.39, 0.29) is 0 Å². The molecule has 0 heterocycles. The predicted molar refractivity (Wildman–Crippen MR) is 92.1 cm³/mol. The molecule has 0 N–H and O–H groups in total. The van der Waals surface area contributed by atoms with Crippen molar-refractivity contribution in [2.24, 2.45) is 0 Å².